The molecular weight excluding hydrogens is 342 g/mol. The predicted molar refractivity (Wildman–Crippen MR) is 105 cm³/mol. The fourth-order valence-corrected chi connectivity index (χ4v) is 3.33. The number of benzene rings is 1. The standard InChI is InChI=1S/C22H25NO4/c1-4-5-6-7-14(2)26-18-11-20-22(21(12-18)27-15(3)24)19-10-17(25)9-8-16(19)13-23-20/h8,10-14H,4-7,9H2,1-3H3. The largest absolute Gasteiger partial charge is 0.491 e. The van der Waals surface area contributed by atoms with Crippen molar-refractivity contribution >= 4 is 34.8 Å². The second-order valence-electron chi connectivity index (χ2n) is 6.98. The minimum absolute atomic E-state index is 0.0219. The SMILES string of the molecule is CCCCCC(C)Oc1cc(OC(C)=O)c2c3c(cnc2c1)=CCC(=O)C=3. The van der Waals surface area contributed by atoms with Crippen LogP contribution in [0.1, 0.15) is 52.9 Å². The van der Waals surface area contributed by atoms with Crippen LogP contribution in [0.25, 0.3) is 23.1 Å². The Kier molecular flexibility index (Phi) is 5.89. The van der Waals surface area contributed by atoms with Gasteiger partial charge in [-0.1, -0.05) is 25.8 Å². The van der Waals surface area contributed by atoms with Crippen molar-refractivity contribution in [2.75, 3.05) is 0 Å². The van der Waals surface area contributed by atoms with E-state index >= 15 is 0 Å². The molecule has 0 radical (unpaired) electrons. The summed E-state index contributed by atoms with van der Waals surface area (Å²) in [4.78, 5) is 28.0. The van der Waals surface area contributed by atoms with E-state index in [4.69, 9.17) is 9.47 Å². The van der Waals surface area contributed by atoms with Crippen LogP contribution >= 0.6 is 0 Å². The molecule has 0 fully saturated rings. The van der Waals surface area contributed by atoms with E-state index < -0.39 is 5.97 Å². The van der Waals surface area contributed by atoms with Gasteiger partial charge in [-0.25, -0.2) is 0 Å². The van der Waals surface area contributed by atoms with Gasteiger partial charge in [0.25, 0.3) is 0 Å². The summed E-state index contributed by atoms with van der Waals surface area (Å²) in [6.45, 7) is 5.56. The zero-order valence-corrected chi connectivity index (χ0v) is 16.1. The zero-order chi connectivity index (χ0) is 19.4. The quantitative estimate of drug-likeness (QED) is 0.427. The van der Waals surface area contributed by atoms with E-state index in [0.29, 0.717) is 28.8 Å². The Morgan fingerprint density at radius 1 is 1.30 bits per heavy atom. The maximum atomic E-state index is 11.9. The zero-order valence-electron chi connectivity index (χ0n) is 16.1. The minimum atomic E-state index is -0.423. The third-order valence-corrected chi connectivity index (χ3v) is 4.61. The fraction of sp³-hybridized carbons (Fsp3) is 0.409. The van der Waals surface area contributed by atoms with Crippen molar-refractivity contribution in [3.63, 3.8) is 0 Å². The number of fused-ring (bicyclic) bond motifs is 3. The highest BCUT2D eigenvalue weighted by Crippen LogP contribution is 2.29. The molecule has 142 valence electrons. The lowest BCUT2D eigenvalue weighted by Gasteiger charge is -2.17. The highest BCUT2D eigenvalue weighted by molar-refractivity contribution is 6.11. The Labute approximate surface area is 158 Å². The van der Waals surface area contributed by atoms with Crippen molar-refractivity contribution in [2.45, 2.75) is 59.0 Å². The summed E-state index contributed by atoms with van der Waals surface area (Å²) in [6.07, 6.45) is 10.0. The van der Waals surface area contributed by atoms with E-state index in [0.717, 1.165) is 23.3 Å². The number of carbonyl (C=O) groups excluding carboxylic acids is 2. The van der Waals surface area contributed by atoms with Crippen molar-refractivity contribution < 1.29 is 19.1 Å². The van der Waals surface area contributed by atoms with Crippen LogP contribution < -0.4 is 19.9 Å². The van der Waals surface area contributed by atoms with Crippen molar-refractivity contribution in [2.24, 2.45) is 0 Å². The number of nitrogens with zero attached hydrogens (tertiary/aromatic N) is 1. The molecule has 27 heavy (non-hydrogen) atoms. The molecule has 1 unspecified atom stereocenters. The number of ether oxygens (including phenoxy) is 2. The summed E-state index contributed by atoms with van der Waals surface area (Å²) in [5.74, 6) is 0.586. The van der Waals surface area contributed by atoms with Crippen molar-refractivity contribution in [1.82, 2.24) is 4.98 Å². The van der Waals surface area contributed by atoms with Gasteiger partial charge in [-0.05, 0) is 36.3 Å². The molecule has 5 heteroatoms. The van der Waals surface area contributed by atoms with E-state index in [-0.39, 0.29) is 11.9 Å². The second kappa shape index (κ2) is 8.33. The van der Waals surface area contributed by atoms with Gasteiger partial charge in [-0.15, -0.1) is 0 Å². The van der Waals surface area contributed by atoms with Crippen molar-refractivity contribution in [3.8, 4) is 11.5 Å². The highest BCUT2D eigenvalue weighted by Gasteiger charge is 2.15. The first-order chi connectivity index (χ1) is 13.0. The number of rotatable bonds is 7. The molecule has 1 atom stereocenters. The fourth-order valence-electron chi connectivity index (χ4n) is 3.33. The molecule has 1 heterocycles. The second-order valence-corrected chi connectivity index (χ2v) is 6.98. The van der Waals surface area contributed by atoms with Gasteiger partial charge < -0.3 is 9.47 Å². The maximum absolute atomic E-state index is 11.9. The molecule has 1 aromatic heterocycles. The average Bonchev–Trinajstić information content (AvgIpc) is 2.60. The lowest BCUT2D eigenvalue weighted by Crippen LogP contribution is -2.31. The predicted octanol–water partition coefficient (Wildman–Crippen LogP) is 3.04. The third-order valence-electron chi connectivity index (χ3n) is 4.61. The molecule has 1 aliphatic carbocycles. The van der Waals surface area contributed by atoms with Crippen LogP contribution in [0.5, 0.6) is 11.5 Å². The molecule has 3 rings (SSSR count). The van der Waals surface area contributed by atoms with Gasteiger partial charge in [-0.2, -0.15) is 0 Å². The monoisotopic (exact) mass is 367 g/mol. The summed E-state index contributed by atoms with van der Waals surface area (Å²) in [6, 6.07) is 3.56. The van der Waals surface area contributed by atoms with E-state index in [2.05, 4.69) is 11.9 Å². The molecule has 5 nitrogen and oxygen atoms in total. The van der Waals surface area contributed by atoms with Crippen LogP contribution in [0.2, 0.25) is 0 Å². The summed E-state index contributed by atoms with van der Waals surface area (Å²) >= 11 is 0. The maximum Gasteiger partial charge on any atom is 0.308 e. The van der Waals surface area contributed by atoms with Crippen molar-refractivity contribution in [1.29, 1.82) is 0 Å². The number of esters is 1. The molecular formula is C22H25NO4. The van der Waals surface area contributed by atoms with Gasteiger partial charge >= 0.3 is 5.97 Å². The summed E-state index contributed by atoms with van der Waals surface area (Å²) in [5.41, 5.74) is 0.641. The number of carbonyl (C=O) groups is 2. The van der Waals surface area contributed by atoms with Gasteiger partial charge in [0, 0.05) is 31.7 Å². The smallest absolute Gasteiger partial charge is 0.308 e. The summed E-state index contributed by atoms with van der Waals surface area (Å²) in [5, 5.41) is 2.28. The number of hydrogen-bond acceptors (Lipinski definition) is 5. The van der Waals surface area contributed by atoms with Crippen molar-refractivity contribution in [3.05, 3.63) is 28.8 Å². The lowest BCUT2D eigenvalue weighted by molar-refractivity contribution is -0.131. The molecule has 0 saturated carbocycles. The van der Waals surface area contributed by atoms with Crippen LogP contribution in [0.15, 0.2) is 18.3 Å². The van der Waals surface area contributed by atoms with Gasteiger partial charge in [0.15, 0.2) is 5.78 Å². The van der Waals surface area contributed by atoms with E-state index in [9.17, 15) is 9.59 Å². The molecule has 2 aromatic rings. The molecule has 0 aliphatic heterocycles. The van der Waals surface area contributed by atoms with Gasteiger partial charge in [0.05, 0.1) is 17.0 Å². The Morgan fingerprint density at radius 2 is 2.11 bits per heavy atom. The highest BCUT2D eigenvalue weighted by atomic mass is 16.5. The van der Waals surface area contributed by atoms with Gasteiger partial charge in [0.2, 0.25) is 0 Å². The molecule has 0 bridgehead atoms. The Bertz CT molecular complexity index is 994. The average molecular weight is 367 g/mol. The Hall–Kier alpha value is -2.69. The lowest BCUT2D eigenvalue weighted by atomic mass is 10.0. The first-order valence-electron chi connectivity index (χ1n) is 9.50. The number of hydrogen-bond donors (Lipinski definition) is 0. The molecule has 0 amide bonds. The van der Waals surface area contributed by atoms with Gasteiger partial charge in [0.1, 0.15) is 11.5 Å². The topological polar surface area (TPSA) is 65.5 Å². The Morgan fingerprint density at radius 3 is 2.85 bits per heavy atom. The number of ketones is 1. The first-order valence-corrected chi connectivity index (χ1v) is 9.50. The number of Topliss-reactive ketones (excluding diaryl/α,β-unsaturated/α-hetero) is 1. The number of unbranched alkanes of at least 4 members (excludes halogenated alkanes) is 2. The normalized spacial score (nSPS) is 14.1. The van der Waals surface area contributed by atoms with E-state index in [1.165, 1.54) is 19.8 Å². The summed E-state index contributed by atoms with van der Waals surface area (Å²) < 4.78 is 11.5. The molecule has 1 aromatic carbocycles. The van der Waals surface area contributed by atoms with Crippen LogP contribution in [0.4, 0.5) is 0 Å². The molecule has 0 spiro atoms. The van der Waals surface area contributed by atoms with E-state index in [1.54, 1.807) is 18.3 Å². The summed E-state index contributed by atoms with van der Waals surface area (Å²) in [7, 11) is 0. The molecule has 0 saturated heterocycles. The van der Waals surface area contributed by atoms with Crippen LogP contribution in [-0.4, -0.2) is 22.8 Å². The molecule has 1 aliphatic rings. The first kappa shape index (κ1) is 19.1. The number of pyridine rings is 1. The van der Waals surface area contributed by atoms with Crippen LogP contribution in [-0.2, 0) is 9.59 Å². The van der Waals surface area contributed by atoms with Gasteiger partial charge in [-0.3, -0.25) is 14.6 Å². The third kappa shape index (κ3) is 4.54. The van der Waals surface area contributed by atoms with Crippen LogP contribution in [0.3, 0.4) is 0 Å². The van der Waals surface area contributed by atoms with Crippen LogP contribution in [0, 0.1) is 0 Å². The Balaban J connectivity index is 2.05. The molecule has 0 N–H and O–H groups in total. The number of aromatic nitrogens is 1. The minimum Gasteiger partial charge on any atom is -0.491 e. The van der Waals surface area contributed by atoms with E-state index in [1.807, 2.05) is 19.1 Å².